The van der Waals surface area contributed by atoms with Gasteiger partial charge in [0, 0.05) is 13.0 Å². The van der Waals surface area contributed by atoms with Gasteiger partial charge in [-0.25, -0.2) is 0 Å². The van der Waals surface area contributed by atoms with Crippen molar-refractivity contribution in [3.05, 3.63) is 108 Å². The summed E-state index contributed by atoms with van der Waals surface area (Å²) in [4.78, 5) is 12.1. The Morgan fingerprint density at radius 2 is 1.41 bits per heavy atom. The van der Waals surface area contributed by atoms with Gasteiger partial charge in [-0.1, -0.05) is 79.4 Å². The Morgan fingerprint density at radius 3 is 1.97 bits per heavy atom. The Labute approximate surface area is 174 Å². The molecule has 0 unspecified atom stereocenters. The lowest BCUT2D eigenvalue weighted by Crippen LogP contribution is -2.19. The minimum atomic E-state index is 0.529. The van der Waals surface area contributed by atoms with Crippen LogP contribution in [0.2, 0.25) is 0 Å². The first-order chi connectivity index (χ1) is 14.1. The van der Waals surface area contributed by atoms with Crippen LogP contribution in [0.5, 0.6) is 5.75 Å². The highest BCUT2D eigenvalue weighted by atomic mass is 16.5. The summed E-state index contributed by atoms with van der Waals surface area (Å²) in [5.41, 5.74) is 4.38. The van der Waals surface area contributed by atoms with Crippen molar-refractivity contribution in [1.29, 1.82) is 0 Å². The molecule has 3 heteroatoms. The van der Waals surface area contributed by atoms with Crippen LogP contribution >= 0.6 is 0 Å². The van der Waals surface area contributed by atoms with Crippen molar-refractivity contribution >= 4 is 11.9 Å². The lowest BCUT2D eigenvalue weighted by molar-refractivity contribution is -0.107. The predicted molar refractivity (Wildman–Crippen MR) is 121 cm³/mol. The number of likely N-dealkylation sites (N-methyl/N-ethyl adjacent to an activating group) is 1. The second-order valence-electron chi connectivity index (χ2n) is 6.88. The summed E-state index contributed by atoms with van der Waals surface area (Å²) in [5.74, 6) is 0.900. The Kier molecular flexibility index (Phi) is 9.40. The van der Waals surface area contributed by atoms with Crippen molar-refractivity contribution in [2.24, 2.45) is 0 Å². The molecular weight excluding hydrogens is 358 g/mol. The largest absolute Gasteiger partial charge is 0.492 e. The van der Waals surface area contributed by atoms with Crippen LogP contribution in [-0.2, 0) is 11.2 Å². The minimum absolute atomic E-state index is 0.529. The molecule has 3 nitrogen and oxygen atoms in total. The maximum absolute atomic E-state index is 9.97. The Balaban J connectivity index is 0.000000278. The number of ether oxygens (including phenoxy) is 1. The van der Waals surface area contributed by atoms with Gasteiger partial charge < -0.3 is 14.4 Å². The van der Waals surface area contributed by atoms with Crippen molar-refractivity contribution in [1.82, 2.24) is 4.90 Å². The molecule has 0 spiro atoms. The lowest BCUT2D eigenvalue weighted by Gasteiger charge is -2.12. The molecule has 150 valence electrons. The zero-order chi connectivity index (χ0) is 20.9. The van der Waals surface area contributed by atoms with E-state index < -0.39 is 0 Å². The quantitative estimate of drug-likeness (QED) is 0.503. The van der Waals surface area contributed by atoms with Crippen LogP contribution in [0.4, 0.5) is 0 Å². The van der Waals surface area contributed by atoms with E-state index in [1.54, 1.807) is 0 Å². The van der Waals surface area contributed by atoms with E-state index in [1.807, 2.05) is 74.8 Å². The lowest BCUT2D eigenvalue weighted by atomic mass is 10.00. The molecular formula is C26H29NO2. The molecule has 0 fully saturated rings. The average Bonchev–Trinajstić information content (AvgIpc) is 2.76. The van der Waals surface area contributed by atoms with E-state index in [0.29, 0.717) is 13.0 Å². The van der Waals surface area contributed by atoms with Gasteiger partial charge in [0.2, 0.25) is 0 Å². The normalized spacial score (nSPS) is 10.0. The number of carbonyl (C=O) groups excluding carboxylic acids is 1. The highest BCUT2D eigenvalue weighted by molar-refractivity contribution is 5.78. The fraction of sp³-hybridized carbons (Fsp3) is 0.192. The monoisotopic (exact) mass is 387 g/mol. The number of aldehydes is 1. The molecule has 0 aliphatic heterocycles. The van der Waals surface area contributed by atoms with Gasteiger partial charge in [-0.2, -0.15) is 0 Å². The van der Waals surface area contributed by atoms with Crippen LogP contribution in [0, 0.1) is 0 Å². The SMILES string of the molecule is C=C(c1ccccc1)c1ccc(OCCN(C)C)cc1.O=CCc1ccccc1. The summed E-state index contributed by atoms with van der Waals surface area (Å²) in [6.07, 6.45) is 1.44. The summed E-state index contributed by atoms with van der Waals surface area (Å²) < 4.78 is 5.69. The average molecular weight is 388 g/mol. The topological polar surface area (TPSA) is 29.5 Å². The third-order valence-electron chi connectivity index (χ3n) is 4.29. The van der Waals surface area contributed by atoms with Gasteiger partial charge in [0.05, 0.1) is 0 Å². The van der Waals surface area contributed by atoms with Crippen LogP contribution in [0.15, 0.2) is 91.5 Å². The minimum Gasteiger partial charge on any atom is -0.492 e. The van der Waals surface area contributed by atoms with Gasteiger partial charge in [0.25, 0.3) is 0 Å². The molecule has 3 aromatic carbocycles. The van der Waals surface area contributed by atoms with E-state index >= 15 is 0 Å². The molecule has 0 aliphatic carbocycles. The standard InChI is InChI=1S/C18H21NO.C8H8O/c1-15(16-7-5-4-6-8-16)17-9-11-18(12-10-17)20-14-13-19(2)3;9-7-6-8-4-2-1-3-5-8/h4-12H,1,13-14H2,2-3H3;1-5,7H,6H2. The van der Waals surface area contributed by atoms with E-state index in [1.165, 1.54) is 0 Å². The van der Waals surface area contributed by atoms with Gasteiger partial charge in [-0.15, -0.1) is 0 Å². The molecule has 29 heavy (non-hydrogen) atoms. The Bertz CT molecular complexity index is 856. The Hall–Kier alpha value is -3.17. The molecule has 0 heterocycles. The second-order valence-corrected chi connectivity index (χ2v) is 6.88. The van der Waals surface area contributed by atoms with Gasteiger partial charge in [0.1, 0.15) is 18.6 Å². The highest BCUT2D eigenvalue weighted by Crippen LogP contribution is 2.23. The summed E-state index contributed by atoms with van der Waals surface area (Å²) in [6.45, 7) is 5.78. The molecule has 3 aromatic rings. The smallest absolute Gasteiger partial charge is 0.124 e. The van der Waals surface area contributed by atoms with Crippen molar-refractivity contribution in [2.75, 3.05) is 27.2 Å². The molecule has 0 N–H and O–H groups in total. The van der Waals surface area contributed by atoms with Crippen LogP contribution in [0.1, 0.15) is 16.7 Å². The highest BCUT2D eigenvalue weighted by Gasteiger charge is 2.02. The summed E-state index contributed by atoms with van der Waals surface area (Å²) >= 11 is 0. The maximum atomic E-state index is 9.97. The van der Waals surface area contributed by atoms with E-state index in [2.05, 4.69) is 35.7 Å². The van der Waals surface area contributed by atoms with Crippen LogP contribution < -0.4 is 4.74 Å². The fourth-order valence-electron chi connectivity index (χ4n) is 2.61. The van der Waals surface area contributed by atoms with Crippen LogP contribution in [-0.4, -0.2) is 38.4 Å². The zero-order valence-electron chi connectivity index (χ0n) is 17.3. The molecule has 0 radical (unpaired) electrons. The van der Waals surface area contributed by atoms with E-state index in [0.717, 1.165) is 40.8 Å². The van der Waals surface area contributed by atoms with Crippen molar-refractivity contribution in [2.45, 2.75) is 6.42 Å². The van der Waals surface area contributed by atoms with E-state index in [9.17, 15) is 4.79 Å². The summed E-state index contributed by atoms with van der Waals surface area (Å²) in [6, 6.07) is 28.0. The first-order valence-electron chi connectivity index (χ1n) is 9.70. The third kappa shape index (κ3) is 8.16. The maximum Gasteiger partial charge on any atom is 0.124 e. The predicted octanol–water partition coefficient (Wildman–Crippen LogP) is 5.12. The van der Waals surface area contributed by atoms with Gasteiger partial charge >= 0.3 is 0 Å². The molecule has 0 atom stereocenters. The second kappa shape index (κ2) is 12.3. The van der Waals surface area contributed by atoms with Gasteiger partial charge in [-0.3, -0.25) is 0 Å². The fourth-order valence-corrected chi connectivity index (χ4v) is 2.61. The Morgan fingerprint density at radius 1 is 0.862 bits per heavy atom. The molecule has 3 rings (SSSR count). The molecule has 0 amide bonds. The molecule has 0 saturated heterocycles. The number of carbonyl (C=O) groups is 1. The van der Waals surface area contributed by atoms with Gasteiger partial charge in [0.15, 0.2) is 0 Å². The molecule has 0 saturated carbocycles. The first-order valence-corrected chi connectivity index (χ1v) is 9.70. The van der Waals surface area contributed by atoms with E-state index in [4.69, 9.17) is 4.74 Å². The number of rotatable bonds is 8. The van der Waals surface area contributed by atoms with Crippen LogP contribution in [0.3, 0.4) is 0 Å². The van der Waals surface area contributed by atoms with Crippen LogP contribution in [0.25, 0.3) is 5.57 Å². The van der Waals surface area contributed by atoms with Gasteiger partial charge in [-0.05, 0) is 48.5 Å². The third-order valence-corrected chi connectivity index (χ3v) is 4.29. The number of nitrogens with zero attached hydrogens (tertiary/aromatic N) is 1. The number of hydrogen-bond donors (Lipinski definition) is 0. The van der Waals surface area contributed by atoms with E-state index in [-0.39, 0.29) is 0 Å². The summed E-state index contributed by atoms with van der Waals surface area (Å²) in [7, 11) is 4.08. The van der Waals surface area contributed by atoms with Crippen molar-refractivity contribution < 1.29 is 9.53 Å². The summed E-state index contributed by atoms with van der Waals surface area (Å²) in [5, 5.41) is 0. The molecule has 0 aliphatic rings. The zero-order valence-corrected chi connectivity index (χ0v) is 17.3. The number of hydrogen-bond acceptors (Lipinski definition) is 3. The van der Waals surface area contributed by atoms with Crippen molar-refractivity contribution in [3.8, 4) is 5.75 Å². The van der Waals surface area contributed by atoms with Crippen molar-refractivity contribution in [3.63, 3.8) is 0 Å². The number of benzene rings is 3. The molecule has 0 bridgehead atoms. The molecule has 0 aromatic heterocycles. The first kappa shape index (κ1) is 22.1.